The maximum atomic E-state index is 12.4. The highest BCUT2D eigenvalue weighted by atomic mass is 19.1. The Labute approximate surface area is 262 Å². The first kappa shape index (κ1) is 46.1. The molecule has 240 valence electrons. The normalized spacial score (nSPS) is 8.90. The first-order valence-electron chi connectivity index (χ1n) is 16.3. The lowest BCUT2D eigenvalue weighted by molar-refractivity contribution is 0.626. The molecule has 0 saturated heterocycles. The molecule has 0 saturated carbocycles. The highest BCUT2D eigenvalue weighted by molar-refractivity contribution is 5.95. The Hall–Kier alpha value is -2.87. The summed E-state index contributed by atoms with van der Waals surface area (Å²) >= 11 is 0. The van der Waals surface area contributed by atoms with Crippen molar-refractivity contribution in [3.63, 3.8) is 0 Å². The third-order valence-electron chi connectivity index (χ3n) is 5.68. The number of hydrogen-bond acceptors (Lipinski definition) is 1. The summed E-state index contributed by atoms with van der Waals surface area (Å²) in [5.41, 5.74) is 3.55. The molecular formula is C40H68FN. The quantitative estimate of drug-likeness (QED) is 0.285. The Morgan fingerprint density at radius 1 is 0.738 bits per heavy atom. The average molecular weight is 582 g/mol. The summed E-state index contributed by atoms with van der Waals surface area (Å²) in [6.45, 7) is 40.7. The molecule has 42 heavy (non-hydrogen) atoms. The maximum Gasteiger partial charge on any atom is 0.123 e. The maximum absolute atomic E-state index is 12.4. The van der Waals surface area contributed by atoms with Crippen LogP contribution in [0.3, 0.4) is 0 Å². The number of nitrogens with one attached hydrogen (secondary N) is 1. The van der Waals surface area contributed by atoms with E-state index in [0.29, 0.717) is 5.92 Å². The molecule has 0 aliphatic heterocycles. The largest absolute Gasteiger partial charge is 0.385 e. The molecule has 0 aliphatic carbocycles. The summed E-state index contributed by atoms with van der Waals surface area (Å²) in [4.78, 5) is 0. The molecule has 3 aromatic rings. The van der Waals surface area contributed by atoms with E-state index < -0.39 is 0 Å². The SMILES string of the molecule is C=C.C=c1c(C)cc(=C)c2c(NCCC)cccc12.CC.CC(C)c1ccc(F)cc1.CCC.CCCC.CCCC. The van der Waals surface area contributed by atoms with Crippen LogP contribution < -0.4 is 15.8 Å². The summed E-state index contributed by atoms with van der Waals surface area (Å²) in [6, 6.07) is 15.1. The van der Waals surface area contributed by atoms with Crippen LogP contribution in [0.15, 0.2) is 61.7 Å². The fraction of sp³-hybridized carbons (Fsp3) is 0.500. The topological polar surface area (TPSA) is 12.0 Å². The van der Waals surface area contributed by atoms with Gasteiger partial charge in [-0.3, -0.25) is 0 Å². The van der Waals surface area contributed by atoms with Crippen molar-refractivity contribution < 1.29 is 4.39 Å². The fourth-order valence-electron chi connectivity index (χ4n) is 3.04. The van der Waals surface area contributed by atoms with Crippen molar-refractivity contribution in [3.8, 4) is 0 Å². The molecule has 1 nitrogen and oxygen atoms in total. The van der Waals surface area contributed by atoms with Gasteiger partial charge >= 0.3 is 0 Å². The van der Waals surface area contributed by atoms with Gasteiger partial charge in [-0.1, -0.05) is 152 Å². The number of hydrogen-bond donors (Lipinski definition) is 1. The second kappa shape index (κ2) is 32.6. The molecule has 1 N–H and O–H groups in total. The minimum Gasteiger partial charge on any atom is -0.385 e. The van der Waals surface area contributed by atoms with E-state index in [1.807, 2.05) is 26.0 Å². The zero-order chi connectivity index (χ0) is 33.5. The summed E-state index contributed by atoms with van der Waals surface area (Å²) in [6.07, 6.45) is 7.64. The predicted molar refractivity (Wildman–Crippen MR) is 198 cm³/mol. The molecule has 3 aromatic carbocycles. The van der Waals surface area contributed by atoms with Crippen molar-refractivity contribution in [1.29, 1.82) is 0 Å². The van der Waals surface area contributed by atoms with E-state index in [1.165, 1.54) is 71.8 Å². The highest BCUT2D eigenvalue weighted by Crippen LogP contribution is 2.18. The molecule has 0 aromatic heterocycles. The third kappa shape index (κ3) is 21.8. The van der Waals surface area contributed by atoms with Gasteiger partial charge in [0.2, 0.25) is 0 Å². The van der Waals surface area contributed by atoms with Crippen LogP contribution in [-0.2, 0) is 0 Å². The van der Waals surface area contributed by atoms with E-state index in [9.17, 15) is 4.39 Å². The second-order valence-corrected chi connectivity index (χ2v) is 9.90. The van der Waals surface area contributed by atoms with Gasteiger partial charge in [0.1, 0.15) is 5.82 Å². The summed E-state index contributed by atoms with van der Waals surface area (Å²) in [5.74, 6) is 0.324. The van der Waals surface area contributed by atoms with E-state index in [1.54, 1.807) is 0 Å². The number of fused-ring (bicyclic) bond motifs is 1. The first-order valence-corrected chi connectivity index (χ1v) is 16.3. The Balaban J connectivity index is -0.000000245. The molecule has 0 bridgehead atoms. The minimum absolute atomic E-state index is 0.163. The first-order chi connectivity index (χ1) is 20.1. The molecule has 0 aliphatic rings. The van der Waals surface area contributed by atoms with Gasteiger partial charge in [-0.2, -0.15) is 0 Å². The molecule has 0 spiro atoms. The van der Waals surface area contributed by atoms with Crippen molar-refractivity contribution in [1.82, 2.24) is 0 Å². The molecule has 3 rings (SSSR count). The van der Waals surface area contributed by atoms with Crippen molar-refractivity contribution in [2.75, 3.05) is 11.9 Å². The lowest BCUT2D eigenvalue weighted by Crippen LogP contribution is -2.15. The zero-order valence-corrected chi connectivity index (χ0v) is 29.9. The molecule has 0 unspecified atom stereocenters. The van der Waals surface area contributed by atoms with Gasteiger partial charge < -0.3 is 5.32 Å². The second-order valence-electron chi connectivity index (χ2n) is 9.90. The van der Waals surface area contributed by atoms with E-state index >= 15 is 0 Å². The molecule has 2 heteroatoms. The summed E-state index contributed by atoms with van der Waals surface area (Å²) < 4.78 is 12.4. The third-order valence-corrected chi connectivity index (χ3v) is 5.68. The molecular weight excluding hydrogens is 513 g/mol. The Morgan fingerprint density at radius 3 is 1.57 bits per heavy atom. The van der Waals surface area contributed by atoms with Crippen LogP contribution in [0.4, 0.5) is 10.1 Å². The number of rotatable bonds is 6. The average Bonchev–Trinajstić information content (AvgIpc) is 3.01. The van der Waals surface area contributed by atoms with E-state index in [2.05, 4.69) is 125 Å². The van der Waals surface area contributed by atoms with Gasteiger partial charge in [-0.05, 0) is 64.4 Å². The van der Waals surface area contributed by atoms with Crippen molar-refractivity contribution in [3.05, 3.63) is 89.1 Å². The van der Waals surface area contributed by atoms with Gasteiger partial charge in [0, 0.05) is 17.6 Å². The van der Waals surface area contributed by atoms with E-state index in [4.69, 9.17) is 0 Å². The highest BCUT2D eigenvalue weighted by Gasteiger charge is 2.03. The van der Waals surface area contributed by atoms with Crippen LogP contribution in [-0.4, -0.2) is 6.54 Å². The van der Waals surface area contributed by atoms with Gasteiger partial charge in [0.05, 0.1) is 0 Å². The molecule has 0 atom stereocenters. The van der Waals surface area contributed by atoms with E-state index in [-0.39, 0.29) is 5.82 Å². The van der Waals surface area contributed by atoms with Crippen molar-refractivity contribution >= 4 is 29.6 Å². The zero-order valence-electron chi connectivity index (χ0n) is 29.9. The standard InChI is InChI=1S/C16H19N.C9H11F.2C4H10.C3H8.C2H6.C2H4/c1-5-9-17-15-8-6-7-14-13(4)11(2)10-12(3)16(14)15;1-7(2)8-3-5-9(10)6-4-8;2*1-3-4-2;1-3-2;2*1-2/h6-8,10,17H,3-5,9H2,1-2H3;3-7H,1-2H3;2*3-4H2,1-2H3;3H2,1-2H3;1-2H3;1-2H2. The monoisotopic (exact) mass is 582 g/mol. The number of benzene rings is 3. The fourth-order valence-corrected chi connectivity index (χ4v) is 3.04. The Kier molecular flexibility index (Phi) is 35.8. The summed E-state index contributed by atoms with van der Waals surface area (Å²) in [7, 11) is 0. The van der Waals surface area contributed by atoms with Crippen LogP contribution in [0.1, 0.15) is 132 Å². The van der Waals surface area contributed by atoms with Crippen LogP contribution in [0, 0.1) is 12.7 Å². The number of anilines is 1. The molecule has 0 fully saturated rings. The molecule has 0 amide bonds. The lowest BCUT2D eigenvalue weighted by atomic mass is 10.0. The predicted octanol–water partition coefficient (Wildman–Crippen LogP) is 12.6. The van der Waals surface area contributed by atoms with Gasteiger partial charge in [-0.25, -0.2) is 4.39 Å². The molecule has 0 heterocycles. The van der Waals surface area contributed by atoms with E-state index in [0.717, 1.165) is 23.4 Å². The minimum atomic E-state index is -0.163. The van der Waals surface area contributed by atoms with Crippen LogP contribution in [0.25, 0.3) is 23.9 Å². The number of aryl methyl sites for hydroxylation is 1. The smallest absolute Gasteiger partial charge is 0.123 e. The summed E-state index contributed by atoms with van der Waals surface area (Å²) in [5, 5.41) is 8.04. The van der Waals surface area contributed by atoms with Gasteiger partial charge in [0.15, 0.2) is 0 Å². The van der Waals surface area contributed by atoms with Gasteiger partial charge in [-0.15, -0.1) is 13.2 Å². The number of halogens is 1. The lowest BCUT2D eigenvalue weighted by Gasteiger charge is -2.11. The Bertz CT molecular complexity index is 1080. The Morgan fingerprint density at radius 2 is 1.19 bits per heavy atom. The van der Waals surface area contributed by atoms with Crippen LogP contribution >= 0.6 is 0 Å². The molecule has 0 radical (unpaired) electrons. The number of unbranched alkanes of at least 4 members (excludes halogenated alkanes) is 2. The van der Waals surface area contributed by atoms with Crippen molar-refractivity contribution in [2.24, 2.45) is 0 Å². The van der Waals surface area contributed by atoms with Gasteiger partial charge in [0.25, 0.3) is 0 Å². The van der Waals surface area contributed by atoms with Crippen LogP contribution in [0.5, 0.6) is 0 Å². The van der Waals surface area contributed by atoms with Crippen LogP contribution in [0.2, 0.25) is 0 Å². The van der Waals surface area contributed by atoms with Crippen molar-refractivity contribution in [2.45, 2.75) is 128 Å².